The minimum atomic E-state index is -3.38. The molecule has 1 aliphatic rings. The van der Waals surface area contributed by atoms with E-state index in [0.717, 1.165) is 6.26 Å². The van der Waals surface area contributed by atoms with Gasteiger partial charge >= 0.3 is 0 Å². The van der Waals surface area contributed by atoms with Crippen molar-refractivity contribution < 1.29 is 22.6 Å². The van der Waals surface area contributed by atoms with Crippen LogP contribution in [0.15, 0.2) is 12.7 Å². The van der Waals surface area contributed by atoms with Crippen molar-refractivity contribution >= 4 is 27.0 Å². The van der Waals surface area contributed by atoms with E-state index >= 15 is 0 Å². The maximum Gasteiger partial charge on any atom is 0.208 e. The Morgan fingerprint density at radius 2 is 2.07 bits per heavy atom. The van der Waals surface area contributed by atoms with Crippen LogP contribution in [0.3, 0.4) is 0 Å². The van der Waals surface area contributed by atoms with E-state index in [0.29, 0.717) is 11.2 Å². The summed E-state index contributed by atoms with van der Waals surface area (Å²) >= 11 is 0. The van der Waals surface area contributed by atoms with Gasteiger partial charge in [-0.05, 0) is 13.8 Å². The summed E-state index contributed by atoms with van der Waals surface area (Å²) in [6.45, 7) is 3.83. The Balaban J connectivity index is 1.95. The van der Waals surface area contributed by atoms with Crippen LogP contribution in [0.1, 0.15) is 20.1 Å². The van der Waals surface area contributed by atoms with Crippen LogP contribution in [0.4, 0.5) is 5.82 Å². The number of methoxy groups -OCH3 is 1. The van der Waals surface area contributed by atoms with Gasteiger partial charge in [0.25, 0.3) is 0 Å². The number of fused-ring (bicyclic) bond motifs is 1. The highest BCUT2D eigenvalue weighted by atomic mass is 32.2. The van der Waals surface area contributed by atoms with Crippen LogP contribution in [0.25, 0.3) is 11.2 Å². The van der Waals surface area contributed by atoms with E-state index in [4.69, 9.17) is 19.9 Å². The first kappa shape index (κ1) is 19.9. The summed E-state index contributed by atoms with van der Waals surface area (Å²) in [5.74, 6) is 0.260. The van der Waals surface area contributed by atoms with Crippen LogP contribution in [0, 0.1) is 0 Å². The molecule has 0 radical (unpaired) electrons. The van der Waals surface area contributed by atoms with Gasteiger partial charge in [-0.1, -0.05) is 0 Å². The molecule has 3 rings (SSSR count). The summed E-state index contributed by atoms with van der Waals surface area (Å²) in [6, 6.07) is 0. The van der Waals surface area contributed by atoms with Crippen LogP contribution < -0.4 is 10.5 Å². The molecule has 2 aromatic rings. The number of rotatable bonds is 7. The normalized spacial score (nSPS) is 26.3. The van der Waals surface area contributed by atoms with Crippen LogP contribution in [-0.4, -0.2) is 72.3 Å². The number of sulfonamides is 1. The van der Waals surface area contributed by atoms with E-state index in [-0.39, 0.29) is 18.5 Å². The molecule has 1 saturated heterocycles. The molecule has 12 heteroatoms. The van der Waals surface area contributed by atoms with Crippen LogP contribution >= 0.6 is 0 Å². The Morgan fingerprint density at radius 1 is 1.33 bits per heavy atom. The summed E-state index contributed by atoms with van der Waals surface area (Å²) < 4.78 is 44.9. The first-order chi connectivity index (χ1) is 12.7. The van der Waals surface area contributed by atoms with Gasteiger partial charge in [0.15, 0.2) is 17.7 Å². The molecule has 2 aromatic heterocycles. The monoisotopic (exact) mass is 400 g/mol. The van der Waals surface area contributed by atoms with Gasteiger partial charge in [0.2, 0.25) is 10.0 Å². The summed E-state index contributed by atoms with van der Waals surface area (Å²) in [5, 5.41) is 0. The van der Waals surface area contributed by atoms with E-state index < -0.39 is 34.6 Å². The highest BCUT2D eigenvalue weighted by Gasteiger charge is 2.47. The fourth-order valence-corrected chi connectivity index (χ4v) is 3.58. The van der Waals surface area contributed by atoms with Crippen LogP contribution in [0.5, 0.6) is 0 Å². The van der Waals surface area contributed by atoms with Crippen molar-refractivity contribution in [3.63, 3.8) is 0 Å². The van der Waals surface area contributed by atoms with Gasteiger partial charge in [-0.3, -0.25) is 4.57 Å². The fraction of sp³-hybridized carbons (Fsp3) is 0.667. The van der Waals surface area contributed by atoms with Gasteiger partial charge in [0.1, 0.15) is 30.2 Å². The number of anilines is 1. The topological polar surface area (TPSA) is 143 Å². The molecule has 150 valence electrons. The molecule has 0 spiro atoms. The Bertz CT molecular complexity index is 901. The van der Waals surface area contributed by atoms with E-state index in [1.165, 1.54) is 6.33 Å². The molecule has 0 bridgehead atoms. The van der Waals surface area contributed by atoms with Gasteiger partial charge in [-0.2, -0.15) is 0 Å². The smallest absolute Gasteiger partial charge is 0.208 e. The maximum absolute atomic E-state index is 11.5. The fourth-order valence-electron chi connectivity index (χ4n) is 3.12. The number of nitrogen functional groups attached to an aromatic ring is 1. The lowest BCUT2D eigenvalue weighted by atomic mass is 10.1. The standard InChI is InChI=1S/C15H24N6O5S/c1-8(2)25-11-9(5-20-27(4,22)23)26-15(12(11)24-3)21-7-19-10-13(16)17-6-18-14(10)21/h6-9,11-12,15,20H,5H2,1-4H3,(H2,16,17,18)/t9-,11-,12-,15?/m1/s1. The lowest BCUT2D eigenvalue weighted by Crippen LogP contribution is -2.43. The number of hydrogen-bond acceptors (Lipinski definition) is 9. The molecular formula is C15H24N6O5S. The third-order valence-electron chi connectivity index (χ3n) is 4.19. The zero-order valence-electron chi connectivity index (χ0n) is 15.6. The Hall–Kier alpha value is -1.86. The van der Waals surface area contributed by atoms with Gasteiger partial charge < -0.3 is 19.9 Å². The second kappa shape index (κ2) is 7.64. The van der Waals surface area contributed by atoms with Crippen molar-refractivity contribution in [2.75, 3.05) is 25.6 Å². The van der Waals surface area contributed by atoms with E-state index in [1.807, 2.05) is 13.8 Å². The highest BCUT2D eigenvalue weighted by Crippen LogP contribution is 2.35. The van der Waals surface area contributed by atoms with Gasteiger partial charge in [-0.15, -0.1) is 0 Å². The van der Waals surface area contributed by atoms with Crippen molar-refractivity contribution in [3.8, 4) is 0 Å². The Labute approximate surface area is 157 Å². The zero-order valence-corrected chi connectivity index (χ0v) is 16.4. The number of nitrogens with one attached hydrogen (secondary N) is 1. The van der Waals surface area contributed by atoms with Gasteiger partial charge in [-0.25, -0.2) is 28.1 Å². The molecule has 0 saturated carbocycles. The molecule has 4 atom stereocenters. The van der Waals surface area contributed by atoms with Gasteiger partial charge in [0.05, 0.1) is 18.7 Å². The van der Waals surface area contributed by atoms with E-state index in [2.05, 4.69) is 19.7 Å². The lowest BCUT2D eigenvalue weighted by Gasteiger charge is -2.25. The Morgan fingerprint density at radius 3 is 2.70 bits per heavy atom. The minimum absolute atomic E-state index is 0.0519. The molecule has 1 unspecified atom stereocenters. The number of aromatic nitrogens is 4. The van der Waals surface area contributed by atoms with E-state index in [9.17, 15) is 8.42 Å². The largest absolute Gasteiger partial charge is 0.382 e. The molecule has 3 N–H and O–H groups in total. The first-order valence-electron chi connectivity index (χ1n) is 8.42. The summed E-state index contributed by atoms with van der Waals surface area (Å²) in [7, 11) is -1.83. The molecule has 1 aliphatic heterocycles. The van der Waals surface area contributed by atoms with Crippen molar-refractivity contribution in [1.82, 2.24) is 24.2 Å². The minimum Gasteiger partial charge on any atom is -0.382 e. The summed E-state index contributed by atoms with van der Waals surface area (Å²) in [6.07, 6.45) is 1.70. The Kier molecular flexibility index (Phi) is 5.63. The lowest BCUT2D eigenvalue weighted by molar-refractivity contribution is -0.0777. The van der Waals surface area contributed by atoms with Crippen LogP contribution in [0.2, 0.25) is 0 Å². The highest BCUT2D eigenvalue weighted by molar-refractivity contribution is 7.88. The van der Waals surface area contributed by atoms with Crippen LogP contribution in [-0.2, 0) is 24.2 Å². The number of nitrogens with zero attached hydrogens (tertiary/aromatic N) is 4. The molecule has 0 amide bonds. The maximum atomic E-state index is 11.5. The molecular weight excluding hydrogens is 376 g/mol. The molecule has 27 heavy (non-hydrogen) atoms. The second-order valence-electron chi connectivity index (χ2n) is 6.62. The summed E-state index contributed by atoms with van der Waals surface area (Å²) in [4.78, 5) is 12.4. The number of ether oxygens (including phenoxy) is 3. The average molecular weight is 400 g/mol. The predicted octanol–water partition coefficient (Wildman–Crippen LogP) is -0.336. The number of nitrogens with two attached hydrogens (primary N) is 1. The van der Waals surface area contributed by atoms with Crippen molar-refractivity contribution in [3.05, 3.63) is 12.7 Å². The quantitative estimate of drug-likeness (QED) is 0.638. The molecule has 0 aliphatic carbocycles. The second-order valence-corrected chi connectivity index (χ2v) is 8.45. The average Bonchev–Trinajstić information content (AvgIpc) is 3.14. The molecule has 0 aromatic carbocycles. The number of hydrogen-bond donors (Lipinski definition) is 2. The number of imidazole rings is 1. The predicted molar refractivity (Wildman–Crippen MR) is 97.3 cm³/mol. The molecule has 3 heterocycles. The van der Waals surface area contributed by atoms with Gasteiger partial charge in [0, 0.05) is 13.7 Å². The van der Waals surface area contributed by atoms with E-state index in [1.54, 1.807) is 18.0 Å². The zero-order chi connectivity index (χ0) is 19.8. The SMILES string of the molecule is CO[C@H]1C(n2cnc3c(N)ncnc32)O[C@H](CNS(C)(=O)=O)[C@H]1OC(C)C. The van der Waals surface area contributed by atoms with Crippen molar-refractivity contribution in [2.45, 2.75) is 44.5 Å². The third-order valence-corrected chi connectivity index (χ3v) is 4.89. The van der Waals surface area contributed by atoms with Crippen molar-refractivity contribution in [2.24, 2.45) is 0 Å². The molecule has 1 fully saturated rings. The van der Waals surface area contributed by atoms with Crippen molar-refractivity contribution in [1.29, 1.82) is 0 Å². The summed E-state index contributed by atoms with van der Waals surface area (Å²) in [5.41, 5.74) is 6.80. The third kappa shape index (κ3) is 4.19. The molecule has 11 nitrogen and oxygen atoms in total. The first-order valence-corrected chi connectivity index (χ1v) is 10.3.